The number of urea groups is 1. The second kappa shape index (κ2) is 9.65. The van der Waals surface area contributed by atoms with E-state index in [0.717, 1.165) is 17.2 Å². The van der Waals surface area contributed by atoms with Crippen molar-refractivity contribution in [2.24, 2.45) is 5.41 Å². The molecule has 3 heterocycles. The number of amides is 5. The summed E-state index contributed by atoms with van der Waals surface area (Å²) in [7, 11) is 1.59. The Morgan fingerprint density at radius 1 is 1.02 bits per heavy atom. The van der Waals surface area contributed by atoms with Gasteiger partial charge in [-0.2, -0.15) is 0 Å². The molecule has 40 heavy (non-hydrogen) atoms. The summed E-state index contributed by atoms with van der Waals surface area (Å²) in [5, 5.41) is 5.21. The lowest BCUT2D eigenvalue weighted by Gasteiger charge is -2.47. The van der Waals surface area contributed by atoms with Gasteiger partial charge >= 0.3 is 6.03 Å². The molecule has 0 radical (unpaired) electrons. The van der Waals surface area contributed by atoms with Crippen LogP contribution >= 0.6 is 0 Å². The zero-order chi connectivity index (χ0) is 28.2. The van der Waals surface area contributed by atoms with Crippen molar-refractivity contribution in [3.8, 4) is 0 Å². The number of likely N-dealkylation sites (N-methyl/N-ethyl adjacent to an activating group) is 1. The molecule has 0 aromatic heterocycles. The van der Waals surface area contributed by atoms with Crippen LogP contribution in [0.5, 0.6) is 0 Å². The Bertz CT molecular complexity index is 1400. The molecule has 3 saturated heterocycles. The Labute approximate surface area is 229 Å². The number of ether oxygens (including phenoxy) is 1. The summed E-state index contributed by atoms with van der Waals surface area (Å²) < 4.78 is 33.7. The number of rotatable bonds is 4. The molecule has 3 fully saturated rings. The maximum Gasteiger partial charge on any atom is 0.324 e. The third kappa shape index (κ3) is 4.32. The lowest BCUT2D eigenvalue weighted by atomic mass is 9.70. The van der Waals surface area contributed by atoms with E-state index in [0.29, 0.717) is 63.0 Å². The molecule has 0 saturated carbocycles. The summed E-state index contributed by atoms with van der Waals surface area (Å²) in [6.45, 7) is 0.603. The fourth-order valence-corrected chi connectivity index (χ4v) is 6.77. The first-order valence-corrected chi connectivity index (χ1v) is 13.5. The van der Waals surface area contributed by atoms with E-state index in [1.165, 1.54) is 21.9 Å². The number of carbonyl (C=O) groups excluding carboxylic acids is 4. The van der Waals surface area contributed by atoms with Crippen LogP contribution in [0.15, 0.2) is 36.4 Å². The van der Waals surface area contributed by atoms with Crippen molar-refractivity contribution in [3.63, 3.8) is 0 Å². The number of nitrogens with one attached hydrogen (secondary N) is 2. The van der Waals surface area contributed by atoms with E-state index in [4.69, 9.17) is 4.74 Å². The molecule has 11 heteroatoms. The Morgan fingerprint density at radius 2 is 1.73 bits per heavy atom. The van der Waals surface area contributed by atoms with Gasteiger partial charge < -0.3 is 19.9 Å². The summed E-state index contributed by atoms with van der Waals surface area (Å²) >= 11 is 0. The number of piperidine rings is 1. The Kier molecular flexibility index (Phi) is 6.36. The predicted octanol–water partition coefficient (Wildman–Crippen LogP) is 3.08. The van der Waals surface area contributed by atoms with Gasteiger partial charge in [0.25, 0.3) is 5.91 Å². The minimum atomic E-state index is -0.978. The molecule has 6 rings (SSSR count). The van der Waals surface area contributed by atoms with Gasteiger partial charge in [0.2, 0.25) is 11.8 Å². The van der Waals surface area contributed by atoms with Crippen molar-refractivity contribution < 1.29 is 32.7 Å². The number of carbonyl (C=O) groups is 4. The molecule has 2 aromatic rings. The fourth-order valence-electron chi connectivity index (χ4n) is 6.77. The first-order valence-electron chi connectivity index (χ1n) is 13.5. The average molecular weight is 553 g/mol. The summed E-state index contributed by atoms with van der Waals surface area (Å²) in [4.78, 5) is 54.7. The quantitative estimate of drug-likeness (QED) is 0.567. The highest BCUT2D eigenvalue weighted by Gasteiger charge is 2.54. The van der Waals surface area contributed by atoms with Crippen LogP contribution in [0.2, 0.25) is 0 Å². The number of likely N-dealkylation sites (tertiary alicyclic amines) is 1. The van der Waals surface area contributed by atoms with Gasteiger partial charge in [-0.25, -0.2) is 13.6 Å². The molecule has 2 spiro atoms. The highest BCUT2D eigenvalue weighted by molar-refractivity contribution is 6.07. The molecule has 0 bridgehead atoms. The average Bonchev–Trinajstić information content (AvgIpc) is 3.39. The van der Waals surface area contributed by atoms with E-state index in [-0.39, 0.29) is 18.4 Å². The second-order valence-corrected chi connectivity index (χ2v) is 11.3. The first-order chi connectivity index (χ1) is 19.1. The van der Waals surface area contributed by atoms with Gasteiger partial charge in [0.15, 0.2) is 0 Å². The fraction of sp³-hybridized carbons (Fsp3) is 0.448. The molecular weight excluding hydrogens is 522 g/mol. The molecule has 210 valence electrons. The molecule has 1 aliphatic carbocycles. The molecule has 2 N–H and O–H groups in total. The lowest BCUT2D eigenvalue weighted by molar-refractivity contribution is -0.159. The third-order valence-electron chi connectivity index (χ3n) is 9.07. The minimum absolute atomic E-state index is 0.206. The number of fused-ring (bicyclic) bond motifs is 1. The van der Waals surface area contributed by atoms with E-state index >= 15 is 0 Å². The zero-order valence-corrected chi connectivity index (χ0v) is 22.1. The normalized spacial score (nSPS) is 25.5. The van der Waals surface area contributed by atoms with E-state index in [2.05, 4.69) is 10.6 Å². The number of hydrogen-bond donors (Lipinski definition) is 2. The smallest absolute Gasteiger partial charge is 0.324 e. The van der Waals surface area contributed by atoms with E-state index < -0.39 is 40.6 Å². The lowest BCUT2D eigenvalue weighted by Crippen LogP contribution is -2.54. The van der Waals surface area contributed by atoms with Crippen LogP contribution in [-0.4, -0.2) is 65.9 Å². The van der Waals surface area contributed by atoms with Crippen LogP contribution in [0, 0.1) is 17.0 Å². The largest absolute Gasteiger partial charge is 0.381 e. The maximum atomic E-state index is 14.1. The molecule has 2 unspecified atom stereocenters. The molecule has 2 aromatic carbocycles. The van der Waals surface area contributed by atoms with Crippen molar-refractivity contribution in [1.82, 2.24) is 15.1 Å². The number of anilines is 1. The third-order valence-corrected chi connectivity index (χ3v) is 9.07. The summed E-state index contributed by atoms with van der Waals surface area (Å²) in [5.41, 5.74) is 0.930. The highest BCUT2D eigenvalue weighted by atomic mass is 19.1. The number of benzene rings is 2. The van der Waals surface area contributed by atoms with Crippen molar-refractivity contribution in [1.29, 1.82) is 0 Å². The molecule has 4 aliphatic rings. The van der Waals surface area contributed by atoms with Crippen molar-refractivity contribution >= 4 is 29.4 Å². The van der Waals surface area contributed by atoms with E-state index in [1.807, 2.05) is 6.07 Å². The van der Waals surface area contributed by atoms with Gasteiger partial charge in [0, 0.05) is 44.9 Å². The van der Waals surface area contributed by atoms with Gasteiger partial charge in [-0.1, -0.05) is 6.07 Å². The zero-order valence-electron chi connectivity index (χ0n) is 22.1. The molecule has 9 nitrogen and oxygen atoms in total. The van der Waals surface area contributed by atoms with Crippen molar-refractivity contribution in [3.05, 3.63) is 64.7 Å². The molecular formula is C29H30F2N4O5. The van der Waals surface area contributed by atoms with E-state index in [9.17, 15) is 28.0 Å². The van der Waals surface area contributed by atoms with Crippen molar-refractivity contribution in [2.75, 3.05) is 32.1 Å². The van der Waals surface area contributed by atoms with Crippen LogP contribution in [-0.2, 0) is 32.0 Å². The van der Waals surface area contributed by atoms with Crippen LogP contribution in [0.1, 0.15) is 48.4 Å². The summed E-state index contributed by atoms with van der Waals surface area (Å²) in [5.74, 6) is -2.47. The van der Waals surface area contributed by atoms with Gasteiger partial charge in [-0.05, 0) is 66.6 Å². The molecule has 5 amide bonds. The standard InChI is InChI=1S/C29H30F2N4O5/c1-34-27(39)33-25(37)29(34)14-17-2-3-22(12-19(17)15-29)32-24(36)16-35-23(18-10-20(30)13-21(31)11-18)4-5-28(26(35)38)6-8-40-9-7-28/h2-3,10-13,23H,4-9,14-16H2,1H3,(H,32,36)(H,33,37,39). The van der Waals surface area contributed by atoms with Gasteiger partial charge in [-0.3, -0.25) is 19.7 Å². The minimum Gasteiger partial charge on any atom is -0.381 e. The Hall–Kier alpha value is -3.86. The summed E-state index contributed by atoms with van der Waals surface area (Å²) in [6.07, 6.45) is 2.79. The van der Waals surface area contributed by atoms with E-state index in [1.54, 1.807) is 19.2 Å². The number of hydrogen-bond acceptors (Lipinski definition) is 5. The van der Waals surface area contributed by atoms with Gasteiger partial charge in [0.1, 0.15) is 23.7 Å². The van der Waals surface area contributed by atoms with Crippen LogP contribution < -0.4 is 10.6 Å². The van der Waals surface area contributed by atoms with Crippen LogP contribution in [0.3, 0.4) is 0 Å². The highest BCUT2D eigenvalue weighted by Crippen LogP contribution is 2.46. The maximum absolute atomic E-state index is 14.1. The number of imide groups is 1. The number of halogens is 2. The molecule has 3 aliphatic heterocycles. The second-order valence-electron chi connectivity index (χ2n) is 11.3. The molecule has 2 atom stereocenters. The van der Waals surface area contributed by atoms with Crippen molar-refractivity contribution in [2.45, 2.75) is 50.1 Å². The topological polar surface area (TPSA) is 108 Å². The summed E-state index contributed by atoms with van der Waals surface area (Å²) in [6, 6.07) is 7.46. The SMILES string of the molecule is CN1C(=O)NC(=O)C12Cc1ccc(NC(=O)CN3C(=O)C4(CCOCC4)CCC3c3cc(F)cc(F)c3)cc1C2. The Morgan fingerprint density at radius 3 is 2.40 bits per heavy atom. The van der Waals surface area contributed by atoms with Crippen LogP contribution in [0.4, 0.5) is 19.3 Å². The first kappa shape index (κ1) is 26.4. The van der Waals surface area contributed by atoms with Gasteiger partial charge in [-0.15, -0.1) is 0 Å². The monoisotopic (exact) mass is 552 g/mol. The predicted molar refractivity (Wildman–Crippen MR) is 139 cm³/mol. The van der Waals surface area contributed by atoms with Crippen LogP contribution in [0.25, 0.3) is 0 Å². The number of nitrogens with zero attached hydrogens (tertiary/aromatic N) is 2. The Balaban J connectivity index is 1.22. The van der Waals surface area contributed by atoms with Gasteiger partial charge in [0.05, 0.1) is 11.5 Å².